The van der Waals surface area contributed by atoms with Gasteiger partial charge in [-0.1, -0.05) is 24.3 Å². The Morgan fingerprint density at radius 3 is 2.29 bits per heavy atom. The van der Waals surface area contributed by atoms with Gasteiger partial charge in [-0.05, 0) is 35.7 Å². The molecule has 3 aliphatic rings. The van der Waals surface area contributed by atoms with E-state index in [1.165, 1.54) is 15.4 Å². The first-order valence-corrected chi connectivity index (χ1v) is 12.0. The van der Waals surface area contributed by atoms with Gasteiger partial charge in [-0.15, -0.1) is 0 Å². The van der Waals surface area contributed by atoms with E-state index in [9.17, 15) is 14.4 Å². The molecule has 8 heteroatoms. The summed E-state index contributed by atoms with van der Waals surface area (Å²) in [6.07, 6.45) is 0.132. The van der Waals surface area contributed by atoms with E-state index >= 15 is 0 Å². The van der Waals surface area contributed by atoms with Crippen molar-refractivity contribution in [1.29, 1.82) is 0 Å². The van der Waals surface area contributed by atoms with Gasteiger partial charge < -0.3 is 19.3 Å². The summed E-state index contributed by atoms with van der Waals surface area (Å²) in [6.45, 7) is 4.22. The molecular formula is C27H26N3O5+. The number of hydrogen-bond donors (Lipinski definition) is 1. The molecule has 0 spiro atoms. The summed E-state index contributed by atoms with van der Waals surface area (Å²) in [5.41, 5.74) is 2.22. The van der Waals surface area contributed by atoms with E-state index < -0.39 is 0 Å². The van der Waals surface area contributed by atoms with Crippen molar-refractivity contribution in [2.24, 2.45) is 0 Å². The third kappa shape index (κ3) is 3.89. The van der Waals surface area contributed by atoms with Gasteiger partial charge in [-0.3, -0.25) is 19.3 Å². The standard InChI is InChI=1S/C27H25N3O5/c31-24(29-13-11-28(12-14-29)16-18-7-8-22-23(15-18)35-17-34-22)9-10-30-26(32)20-5-1-3-19-4-2-6-21(25(19)20)27(30)33/h1-8,15H,9-14,16-17H2/p+1. The summed E-state index contributed by atoms with van der Waals surface area (Å²) in [6, 6.07) is 17.0. The third-order valence-electron chi connectivity index (χ3n) is 7.12. The van der Waals surface area contributed by atoms with Crippen LogP contribution in [0.2, 0.25) is 0 Å². The Labute approximate surface area is 202 Å². The molecular weight excluding hydrogens is 446 g/mol. The largest absolute Gasteiger partial charge is 0.454 e. The molecule has 35 heavy (non-hydrogen) atoms. The second-order valence-electron chi connectivity index (χ2n) is 9.22. The molecule has 1 N–H and O–H groups in total. The Morgan fingerprint density at radius 2 is 1.57 bits per heavy atom. The zero-order valence-electron chi connectivity index (χ0n) is 19.3. The maximum absolute atomic E-state index is 13.0. The Balaban J connectivity index is 1.05. The summed E-state index contributed by atoms with van der Waals surface area (Å²) in [5, 5.41) is 1.58. The fourth-order valence-corrected chi connectivity index (χ4v) is 5.24. The molecule has 6 rings (SSSR count). The van der Waals surface area contributed by atoms with E-state index in [2.05, 4.69) is 6.07 Å². The first-order chi connectivity index (χ1) is 17.1. The van der Waals surface area contributed by atoms with Crippen LogP contribution in [0.25, 0.3) is 10.8 Å². The van der Waals surface area contributed by atoms with Crippen LogP contribution in [0, 0.1) is 0 Å². The molecule has 3 aromatic carbocycles. The topological polar surface area (TPSA) is 80.6 Å². The predicted molar refractivity (Wildman–Crippen MR) is 127 cm³/mol. The fraction of sp³-hybridized carbons (Fsp3) is 0.296. The van der Waals surface area contributed by atoms with Crippen molar-refractivity contribution in [3.63, 3.8) is 0 Å². The van der Waals surface area contributed by atoms with Gasteiger partial charge in [-0.2, -0.15) is 0 Å². The van der Waals surface area contributed by atoms with Crippen molar-refractivity contribution in [2.45, 2.75) is 13.0 Å². The van der Waals surface area contributed by atoms with Crippen LogP contribution < -0.4 is 14.4 Å². The number of carbonyl (C=O) groups excluding carboxylic acids is 3. The number of fused-ring (bicyclic) bond motifs is 1. The molecule has 0 saturated carbocycles. The Morgan fingerprint density at radius 1 is 0.886 bits per heavy atom. The van der Waals surface area contributed by atoms with Crippen LogP contribution in [-0.2, 0) is 11.3 Å². The molecule has 3 aromatic rings. The van der Waals surface area contributed by atoms with Gasteiger partial charge in [0.05, 0.1) is 26.2 Å². The molecule has 0 atom stereocenters. The molecule has 0 unspecified atom stereocenters. The van der Waals surface area contributed by atoms with E-state index in [-0.39, 0.29) is 37.5 Å². The molecule has 8 nitrogen and oxygen atoms in total. The van der Waals surface area contributed by atoms with Crippen molar-refractivity contribution < 1.29 is 28.8 Å². The summed E-state index contributed by atoms with van der Waals surface area (Å²) >= 11 is 0. The van der Waals surface area contributed by atoms with Crippen molar-refractivity contribution >= 4 is 28.5 Å². The van der Waals surface area contributed by atoms with Crippen LogP contribution >= 0.6 is 0 Å². The Kier molecular flexibility index (Phi) is 5.37. The highest BCUT2D eigenvalue weighted by molar-refractivity contribution is 6.25. The molecule has 3 aliphatic heterocycles. The lowest BCUT2D eigenvalue weighted by Crippen LogP contribution is -3.13. The number of quaternary nitrogens is 1. The lowest BCUT2D eigenvalue weighted by atomic mass is 9.94. The van der Waals surface area contributed by atoms with Crippen LogP contribution in [0.15, 0.2) is 54.6 Å². The molecule has 3 heterocycles. The summed E-state index contributed by atoms with van der Waals surface area (Å²) < 4.78 is 10.8. The summed E-state index contributed by atoms with van der Waals surface area (Å²) in [4.78, 5) is 43.5. The zero-order valence-corrected chi connectivity index (χ0v) is 19.3. The Hall–Kier alpha value is -3.91. The smallest absolute Gasteiger partial charge is 0.261 e. The SMILES string of the molecule is O=C(CCN1C(=O)c2cccc3cccc(c23)C1=O)N1CC[NH+](Cc2ccc3c(c2)OCO3)CC1. The van der Waals surface area contributed by atoms with Gasteiger partial charge in [0.1, 0.15) is 6.54 Å². The van der Waals surface area contributed by atoms with Crippen molar-refractivity contribution in [3.05, 3.63) is 71.3 Å². The first kappa shape index (κ1) is 21.6. The predicted octanol–water partition coefficient (Wildman–Crippen LogP) is 1.48. The van der Waals surface area contributed by atoms with Crippen LogP contribution in [0.3, 0.4) is 0 Å². The second-order valence-corrected chi connectivity index (χ2v) is 9.22. The van der Waals surface area contributed by atoms with Gasteiger partial charge in [0, 0.05) is 35.0 Å². The van der Waals surface area contributed by atoms with E-state index in [0.717, 1.165) is 36.5 Å². The number of nitrogens with zero attached hydrogens (tertiary/aromatic N) is 2. The number of hydrogen-bond acceptors (Lipinski definition) is 5. The minimum absolute atomic E-state index is 0.0233. The quantitative estimate of drug-likeness (QED) is 0.569. The monoisotopic (exact) mass is 472 g/mol. The number of rotatable bonds is 5. The minimum Gasteiger partial charge on any atom is -0.454 e. The van der Waals surface area contributed by atoms with E-state index in [1.807, 2.05) is 41.3 Å². The molecule has 1 fully saturated rings. The zero-order chi connectivity index (χ0) is 23.9. The van der Waals surface area contributed by atoms with Gasteiger partial charge in [0.25, 0.3) is 11.8 Å². The summed E-state index contributed by atoms with van der Waals surface area (Å²) in [7, 11) is 0. The average molecular weight is 473 g/mol. The number of piperazine rings is 1. The minimum atomic E-state index is -0.329. The van der Waals surface area contributed by atoms with Crippen molar-refractivity contribution in [3.8, 4) is 11.5 Å². The third-order valence-corrected chi connectivity index (χ3v) is 7.12. The molecule has 0 radical (unpaired) electrons. The molecule has 0 aromatic heterocycles. The number of amides is 3. The van der Waals surface area contributed by atoms with Gasteiger partial charge in [0.15, 0.2) is 11.5 Å². The maximum Gasteiger partial charge on any atom is 0.261 e. The van der Waals surface area contributed by atoms with Gasteiger partial charge in [-0.25, -0.2) is 0 Å². The van der Waals surface area contributed by atoms with Crippen LogP contribution in [-0.4, -0.2) is 67.0 Å². The molecule has 1 saturated heterocycles. The van der Waals surface area contributed by atoms with Gasteiger partial charge in [0.2, 0.25) is 12.7 Å². The lowest BCUT2D eigenvalue weighted by molar-refractivity contribution is -0.917. The fourth-order valence-electron chi connectivity index (χ4n) is 5.24. The highest BCUT2D eigenvalue weighted by Gasteiger charge is 2.33. The van der Waals surface area contributed by atoms with Crippen LogP contribution in [0.5, 0.6) is 11.5 Å². The van der Waals surface area contributed by atoms with Gasteiger partial charge >= 0.3 is 0 Å². The number of ether oxygens (including phenoxy) is 2. The molecule has 178 valence electrons. The van der Waals surface area contributed by atoms with Crippen LogP contribution in [0.1, 0.15) is 32.7 Å². The number of nitrogens with one attached hydrogen (secondary N) is 1. The maximum atomic E-state index is 13.0. The highest BCUT2D eigenvalue weighted by atomic mass is 16.7. The molecule has 3 amide bonds. The number of benzene rings is 3. The molecule has 0 bridgehead atoms. The summed E-state index contributed by atoms with van der Waals surface area (Å²) in [5.74, 6) is 0.890. The van der Waals surface area contributed by atoms with E-state index in [0.29, 0.717) is 29.6 Å². The highest BCUT2D eigenvalue weighted by Crippen LogP contribution is 2.32. The first-order valence-electron chi connectivity index (χ1n) is 12.0. The van der Waals surface area contributed by atoms with Crippen LogP contribution in [0.4, 0.5) is 0 Å². The van der Waals surface area contributed by atoms with Crippen molar-refractivity contribution in [1.82, 2.24) is 9.80 Å². The van der Waals surface area contributed by atoms with Crippen molar-refractivity contribution in [2.75, 3.05) is 39.5 Å². The molecule has 0 aliphatic carbocycles. The van der Waals surface area contributed by atoms with E-state index in [1.54, 1.807) is 12.1 Å². The lowest BCUT2D eigenvalue weighted by Gasteiger charge is -2.33. The average Bonchev–Trinajstić information content (AvgIpc) is 3.35. The van der Waals surface area contributed by atoms with E-state index in [4.69, 9.17) is 9.47 Å². The number of carbonyl (C=O) groups is 3. The second kappa shape index (κ2) is 8.70. The Bertz CT molecular complexity index is 1300. The number of imide groups is 1. The normalized spacial score (nSPS) is 17.4.